The van der Waals surface area contributed by atoms with E-state index in [4.69, 9.17) is 23.2 Å². The normalized spacial score (nSPS) is 21.2. The largest absolute Gasteiger partial charge is 0.477 e. The maximum Gasteiger partial charge on any atom is 0.347 e. The number of rotatable bonds is 7. The number of carboxylic acid groups (broad SMARTS) is 1. The molecule has 1 aliphatic heterocycles. The second kappa shape index (κ2) is 8.62. The molecule has 4 heterocycles. The first-order valence-electron chi connectivity index (χ1n) is 10.5. The van der Waals surface area contributed by atoms with Gasteiger partial charge in [0, 0.05) is 49.1 Å². The molecular formula is C22H21Cl2N5O3S. The predicted molar refractivity (Wildman–Crippen MR) is 127 cm³/mol. The van der Waals surface area contributed by atoms with Crippen LogP contribution >= 0.6 is 34.5 Å². The molecule has 0 radical (unpaired) electrons. The monoisotopic (exact) mass is 505 g/mol. The molecule has 3 aromatic rings. The lowest BCUT2D eigenvalue weighted by atomic mass is 10.1. The minimum atomic E-state index is -0.949. The third-order valence-electron chi connectivity index (χ3n) is 6.32. The number of nitrogens with one attached hydrogen (secondary N) is 2. The summed E-state index contributed by atoms with van der Waals surface area (Å²) >= 11 is 13.4. The van der Waals surface area contributed by atoms with Crippen molar-refractivity contribution >= 4 is 51.5 Å². The standard InChI is InChI=1S/C22H21Cl2N5O3S/c1-10-15(23)16(24)18(26-10)20(30)28-17-12-8-29(9-13(12)17)22-27-14(19(33-22)21(31)32)3-2-11-4-6-25-7-5-11/h4-7,12-13,17,26H,2-3,8-9H2,1H3,(H,28,30)(H,31,32)/t12-,13+,17+. The van der Waals surface area contributed by atoms with Gasteiger partial charge in [0.1, 0.15) is 10.6 Å². The van der Waals surface area contributed by atoms with Gasteiger partial charge in [-0.05, 0) is 37.5 Å². The van der Waals surface area contributed by atoms with E-state index >= 15 is 0 Å². The van der Waals surface area contributed by atoms with Crippen LogP contribution < -0.4 is 10.2 Å². The molecule has 3 aromatic heterocycles. The van der Waals surface area contributed by atoms with Crippen molar-refractivity contribution in [2.24, 2.45) is 11.8 Å². The SMILES string of the molecule is Cc1[nH]c(C(=O)N[C@H]2[C@@H]3CN(c4nc(CCc5ccncc5)c(C(=O)O)s4)C[C@@H]32)c(Cl)c1Cl. The van der Waals surface area contributed by atoms with E-state index in [1.54, 1.807) is 19.3 Å². The highest BCUT2D eigenvalue weighted by atomic mass is 35.5. The lowest BCUT2D eigenvalue weighted by Crippen LogP contribution is -2.34. The first kappa shape index (κ1) is 22.2. The number of fused-ring (bicyclic) bond motifs is 1. The lowest BCUT2D eigenvalue weighted by Gasteiger charge is -2.19. The number of amides is 1. The van der Waals surface area contributed by atoms with E-state index in [1.807, 2.05) is 12.1 Å². The molecule has 0 spiro atoms. The van der Waals surface area contributed by atoms with Crippen molar-refractivity contribution in [3.05, 3.63) is 62.1 Å². The van der Waals surface area contributed by atoms with Crippen molar-refractivity contribution in [2.45, 2.75) is 25.8 Å². The average Bonchev–Trinajstić information content (AvgIpc) is 3.17. The van der Waals surface area contributed by atoms with Crippen LogP contribution in [0.2, 0.25) is 10.0 Å². The van der Waals surface area contributed by atoms with Crippen molar-refractivity contribution < 1.29 is 14.7 Å². The Hall–Kier alpha value is -2.62. The maximum atomic E-state index is 12.6. The number of piperidine rings is 1. The zero-order chi connectivity index (χ0) is 23.3. The summed E-state index contributed by atoms with van der Waals surface area (Å²) in [5.74, 6) is -0.607. The van der Waals surface area contributed by atoms with Gasteiger partial charge in [0.05, 0.1) is 15.7 Å². The predicted octanol–water partition coefficient (Wildman–Crippen LogP) is 3.83. The molecule has 5 rings (SSSR count). The van der Waals surface area contributed by atoms with Crippen LogP contribution in [0.4, 0.5) is 5.13 Å². The van der Waals surface area contributed by atoms with Crippen LogP contribution in [0, 0.1) is 18.8 Å². The Kier molecular flexibility index (Phi) is 5.80. The first-order chi connectivity index (χ1) is 15.8. The molecule has 2 fully saturated rings. The molecule has 8 nitrogen and oxygen atoms in total. The van der Waals surface area contributed by atoms with Gasteiger partial charge in [-0.3, -0.25) is 9.78 Å². The van der Waals surface area contributed by atoms with E-state index in [-0.39, 0.29) is 27.5 Å². The van der Waals surface area contributed by atoms with Gasteiger partial charge < -0.3 is 20.3 Å². The van der Waals surface area contributed by atoms with Crippen LogP contribution in [0.3, 0.4) is 0 Å². The second-order valence-electron chi connectivity index (χ2n) is 8.42. The molecule has 0 bridgehead atoms. The van der Waals surface area contributed by atoms with Crippen molar-refractivity contribution in [1.82, 2.24) is 20.3 Å². The van der Waals surface area contributed by atoms with Crippen LogP contribution in [0.5, 0.6) is 0 Å². The summed E-state index contributed by atoms with van der Waals surface area (Å²) < 4.78 is 0. The molecule has 1 saturated carbocycles. The van der Waals surface area contributed by atoms with Crippen LogP contribution in [-0.2, 0) is 12.8 Å². The zero-order valence-electron chi connectivity index (χ0n) is 17.6. The molecular weight excluding hydrogens is 485 g/mol. The number of aryl methyl sites for hydroxylation is 3. The van der Waals surface area contributed by atoms with Gasteiger partial charge in [0.25, 0.3) is 5.91 Å². The first-order valence-corrected chi connectivity index (χ1v) is 12.1. The number of aromatic carboxylic acids is 1. The van der Waals surface area contributed by atoms with Crippen LogP contribution in [-0.4, -0.2) is 51.1 Å². The van der Waals surface area contributed by atoms with Gasteiger partial charge in [-0.2, -0.15) is 0 Å². The maximum absolute atomic E-state index is 12.6. The summed E-state index contributed by atoms with van der Waals surface area (Å²) in [7, 11) is 0. The van der Waals surface area contributed by atoms with Crippen molar-refractivity contribution in [3.63, 3.8) is 0 Å². The van der Waals surface area contributed by atoms with E-state index < -0.39 is 5.97 Å². The quantitative estimate of drug-likeness (QED) is 0.449. The summed E-state index contributed by atoms with van der Waals surface area (Å²) in [5.41, 5.74) is 2.64. The Morgan fingerprint density at radius 1 is 1.21 bits per heavy atom. The smallest absolute Gasteiger partial charge is 0.347 e. The van der Waals surface area contributed by atoms with Crippen LogP contribution in [0.15, 0.2) is 24.5 Å². The summed E-state index contributed by atoms with van der Waals surface area (Å²) in [5, 5.41) is 14.0. The molecule has 1 amide bonds. The average molecular weight is 506 g/mol. The highest BCUT2D eigenvalue weighted by molar-refractivity contribution is 7.17. The molecule has 3 atom stereocenters. The summed E-state index contributed by atoms with van der Waals surface area (Å²) in [6, 6.07) is 3.91. The number of aromatic nitrogens is 3. The minimum Gasteiger partial charge on any atom is -0.477 e. The van der Waals surface area contributed by atoms with E-state index in [0.717, 1.165) is 23.8 Å². The molecule has 33 heavy (non-hydrogen) atoms. The molecule has 2 aliphatic rings. The summed E-state index contributed by atoms with van der Waals surface area (Å²) in [6.45, 7) is 3.22. The third kappa shape index (κ3) is 4.20. The number of carbonyl (C=O) groups is 2. The van der Waals surface area contributed by atoms with Gasteiger partial charge in [0.15, 0.2) is 5.13 Å². The molecule has 0 aromatic carbocycles. The van der Waals surface area contributed by atoms with Gasteiger partial charge in [-0.25, -0.2) is 9.78 Å². The topological polar surface area (TPSA) is 111 Å². The molecule has 0 unspecified atom stereocenters. The van der Waals surface area contributed by atoms with Gasteiger partial charge in [-0.15, -0.1) is 0 Å². The minimum absolute atomic E-state index is 0.0669. The lowest BCUT2D eigenvalue weighted by molar-refractivity contribution is 0.0700. The number of hydrogen-bond acceptors (Lipinski definition) is 6. The Morgan fingerprint density at radius 3 is 2.52 bits per heavy atom. The van der Waals surface area contributed by atoms with E-state index in [2.05, 4.69) is 25.2 Å². The molecule has 1 aliphatic carbocycles. The fraction of sp³-hybridized carbons (Fsp3) is 0.364. The Balaban J connectivity index is 1.22. The van der Waals surface area contributed by atoms with Gasteiger partial charge >= 0.3 is 5.97 Å². The number of nitrogens with zero attached hydrogens (tertiary/aromatic N) is 3. The fourth-order valence-corrected chi connectivity index (χ4v) is 5.86. The van der Waals surface area contributed by atoms with Crippen LogP contribution in [0.25, 0.3) is 0 Å². The Labute approximate surface area is 204 Å². The van der Waals surface area contributed by atoms with Crippen LogP contribution in [0.1, 0.15) is 37.1 Å². The van der Waals surface area contributed by atoms with E-state index in [0.29, 0.717) is 41.1 Å². The molecule has 172 valence electrons. The number of hydrogen-bond donors (Lipinski definition) is 3. The highest BCUT2D eigenvalue weighted by Crippen LogP contribution is 2.48. The fourth-order valence-electron chi connectivity index (χ4n) is 4.47. The van der Waals surface area contributed by atoms with Gasteiger partial charge in [-0.1, -0.05) is 34.5 Å². The van der Waals surface area contributed by atoms with E-state index in [1.165, 1.54) is 11.3 Å². The van der Waals surface area contributed by atoms with Crippen molar-refractivity contribution in [2.75, 3.05) is 18.0 Å². The zero-order valence-corrected chi connectivity index (χ0v) is 20.0. The number of carboxylic acids is 1. The molecule has 11 heteroatoms. The highest BCUT2D eigenvalue weighted by Gasteiger charge is 2.57. The number of halogens is 2. The van der Waals surface area contributed by atoms with Crippen molar-refractivity contribution in [3.8, 4) is 0 Å². The van der Waals surface area contributed by atoms with Crippen molar-refractivity contribution in [1.29, 1.82) is 0 Å². The third-order valence-corrected chi connectivity index (χ3v) is 8.42. The number of anilines is 1. The number of carbonyl (C=O) groups excluding carboxylic acids is 1. The second-order valence-corrected chi connectivity index (χ2v) is 10.2. The summed E-state index contributed by atoms with van der Waals surface area (Å²) in [6.07, 6.45) is 4.72. The van der Waals surface area contributed by atoms with E-state index in [9.17, 15) is 14.7 Å². The molecule has 1 saturated heterocycles. The Bertz CT molecular complexity index is 1220. The number of thiazole rings is 1. The molecule has 3 N–H and O–H groups in total. The van der Waals surface area contributed by atoms with Gasteiger partial charge in [0.2, 0.25) is 0 Å². The number of H-pyrrole nitrogens is 1. The number of pyridine rings is 1. The number of aromatic amines is 1. The summed E-state index contributed by atoms with van der Waals surface area (Å²) in [4.78, 5) is 38.4. The Morgan fingerprint density at radius 2 is 1.91 bits per heavy atom.